The first-order valence-electron chi connectivity index (χ1n) is 4.15. The Bertz CT molecular complexity index is 426. The van der Waals surface area contributed by atoms with Gasteiger partial charge in [0.2, 0.25) is 0 Å². The van der Waals surface area contributed by atoms with Gasteiger partial charge in [0.25, 0.3) is 10.1 Å². The largest absolute Gasteiger partial charge is 0.369 e. The Morgan fingerprint density at radius 3 is 2.57 bits per heavy atom. The zero-order chi connectivity index (χ0) is 10.8. The van der Waals surface area contributed by atoms with Crippen molar-refractivity contribution in [3.05, 3.63) is 29.3 Å². The van der Waals surface area contributed by atoms with Crippen LogP contribution in [0.4, 0.5) is 5.69 Å². The summed E-state index contributed by atoms with van der Waals surface area (Å²) < 4.78 is 29.5. The minimum atomic E-state index is -3.96. The zero-order valence-corrected chi connectivity index (χ0v) is 8.93. The van der Waals surface area contributed by atoms with E-state index in [9.17, 15) is 8.42 Å². The average molecular weight is 215 g/mol. The summed E-state index contributed by atoms with van der Waals surface area (Å²) in [5.74, 6) is -0.461. The quantitative estimate of drug-likeness (QED) is 0.751. The van der Waals surface area contributed by atoms with Crippen LogP contribution in [0.25, 0.3) is 0 Å². The number of aryl methyl sites for hydroxylation is 2. The minimum absolute atomic E-state index is 0.461. The summed E-state index contributed by atoms with van der Waals surface area (Å²) >= 11 is 0. The molecule has 0 spiro atoms. The summed E-state index contributed by atoms with van der Waals surface area (Å²) in [5.41, 5.74) is 2.70. The van der Waals surface area contributed by atoms with Crippen LogP contribution in [0.5, 0.6) is 0 Å². The molecule has 0 bridgehead atoms. The van der Waals surface area contributed by atoms with Gasteiger partial charge in [-0.3, -0.25) is 4.55 Å². The van der Waals surface area contributed by atoms with E-state index in [1.54, 1.807) is 0 Å². The van der Waals surface area contributed by atoms with E-state index in [-0.39, 0.29) is 0 Å². The smallest absolute Gasteiger partial charge is 0.283 e. The van der Waals surface area contributed by atoms with Crippen LogP contribution in [0, 0.1) is 13.8 Å². The molecule has 78 valence electrons. The molecule has 0 unspecified atom stereocenters. The molecule has 14 heavy (non-hydrogen) atoms. The summed E-state index contributed by atoms with van der Waals surface area (Å²) in [6.45, 7) is 3.78. The van der Waals surface area contributed by atoms with Gasteiger partial charge in [0.15, 0.2) is 0 Å². The first-order chi connectivity index (χ1) is 6.38. The first-order valence-corrected chi connectivity index (χ1v) is 5.76. The van der Waals surface area contributed by atoms with Gasteiger partial charge in [0, 0.05) is 5.69 Å². The Hall–Kier alpha value is -1.07. The lowest BCUT2D eigenvalue weighted by Gasteiger charge is -2.08. The van der Waals surface area contributed by atoms with E-state index in [0.29, 0.717) is 0 Å². The highest BCUT2D eigenvalue weighted by Crippen LogP contribution is 2.16. The maximum atomic E-state index is 10.5. The van der Waals surface area contributed by atoms with Crippen LogP contribution in [0.3, 0.4) is 0 Å². The third-order valence-corrected chi connectivity index (χ3v) is 2.35. The first kappa shape index (κ1) is 11.0. The molecular weight excluding hydrogens is 202 g/mol. The monoisotopic (exact) mass is 215 g/mol. The van der Waals surface area contributed by atoms with E-state index >= 15 is 0 Å². The molecule has 0 amide bonds. The normalized spacial score (nSPS) is 11.4. The molecule has 0 saturated heterocycles. The van der Waals surface area contributed by atoms with Crippen LogP contribution in [-0.2, 0) is 10.1 Å². The Balaban J connectivity index is 2.81. The van der Waals surface area contributed by atoms with Crippen molar-refractivity contribution in [2.45, 2.75) is 13.8 Å². The SMILES string of the molecule is Cc1ccc(C)c(NCS(=O)(=O)O)c1. The Morgan fingerprint density at radius 2 is 2.00 bits per heavy atom. The van der Waals surface area contributed by atoms with Crippen LogP contribution in [0.1, 0.15) is 11.1 Å². The van der Waals surface area contributed by atoms with E-state index in [1.807, 2.05) is 32.0 Å². The molecule has 0 radical (unpaired) electrons. The van der Waals surface area contributed by atoms with E-state index in [4.69, 9.17) is 4.55 Å². The van der Waals surface area contributed by atoms with Crippen molar-refractivity contribution in [2.24, 2.45) is 0 Å². The fourth-order valence-corrected chi connectivity index (χ4v) is 1.43. The minimum Gasteiger partial charge on any atom is -0.369 e. The van der Waals surface area contributed by atoms with Crippen LogP contribution >= 0.6 is 0 Å². The molecule has 0 aliphatic heterocycles. The van der Waals surface area contributed by atoms with E-state index in [1.165, 1.54) is 0 Å². The van der Waals surface area contributed by atoms with Gasteiger partial charge >= 0.3 is 0 Å². The highest BCUT2D eigenvalue weighted by molar-refractivity contribution is 7.85. The Morgan fingerprint density at radius 1 is 1.36 bits per heavy atom. The molecule has 5 heteroatoms. The fraction of sp³-hybridized carbons (Fsp3) is 0.333. The fourth-order valence-electron chi connectivity index (χ4n) is 1.10. The van der Waals surface area contributed by atoms with Gasteiger partial charge in [-0.05, 0) is 31.0 Å². The molecule has 0 saturated carbocycles. The summed E-state index contributed by atoms with van der Waals surface area (Å²) in [4.78, 5) is 0. The van der Waals surface area contributed by atoms with Crippen LogP contribution in [0.15, 0.2) is 18.2 Å². The Kier molecular flexibility index (Phi) is 3.13. The average Bonchev–Trinajstić information content (AvgIpc) is 2.05. The highest BCUT2D eigenvalue weighted by Gasteiger charge is 2.05. The van der Waals surface area contributed by atoms with Crippen molar-refractivity contribution < 1.29 is 13.0 Å². The predicted molar refractivity (Wildman–Crippen MR) is 56.0 cm³/mol. The maximum absolute atomic E-state index is 10.5. The summed E-state index contributed by atoms with van der Waals surface area (Å²) in [7, 11) is -3.96. The number of hydrogen-bond donors (Lipinski definition) is 2. The molecule has 0 aromatic heterocycles. The summed E-state index contributed by atoms with van der Waals surface area (Å²) in [5, 5.41) is 2.66. The Labute approximate surface area is 83.7 Å². The standard InChI is InChI=1S/C9H13NO3S/c1-7-3-4-8(2)9(5-7)10-6-14(11,12)13/h3-5,10H,6H2,1-2H3,(H,11,12,13). The molecule has 1 rings (SSSR count). The van der Waals surface area contributed by atoms with Gasteiger partial charge in [0.1, 0.15) is 5.88 Å². The molecule has 0 atom stereocenters. The third-order valence-electron chi connectivity index (χ3n) is 1.84. The lowest BCUT2D eigenvalue weighted by molar-refractivity contribution is 0.485. The number of anilines is 1. The molecular formula is C9H13NO3S. The molecule has 0 heterocycles. The van der Waals surface area contributed by atoms with Crippen LogP contribution in [-0.4, -0.2) is 18.8 Å². The van der Waals surface area contributed by atoms with Crippen molar-refractivity contribution >= 4 is 15.8 Å². The third kappa shape index (κ3) is 3.35. The van der Waals surface area contributed by atoms with E-state index in [0.717, 1.165) is 16.8 Å². The second-order valence-electron chi connectivity index (χ2n) is 3.22. The van der Waals surface area contributed by atoms with E-state index in [2.05, 4.69) is 5.32 Å². The van der Waals surface area contributed by atoms with Crippen molar-refractivity contribution in [2.75, 3.05) is 11.2 Å². The molecule has 1 aromatic carbocycles. The number of rotatable bonds is 3. The maximum Gasteiger partial charge on any atom is 0.283 e. The number of benzene rings is 1. The number of nitrogens with one attached hydrogen (secondary N) is 1. The second-order valence-corrected chi connectivity index (χ2v) is 4.67. The van der Waals surface area contributed by atoms with Crippen molar-refractivity contribution in [1.82, 2.24) is 0 Å². The van der Waals surface area contributed by atoms with Gasteiger partial charge in [-0.2, -0.15) is 8.42 Å². The van der Waals surface area contributed by atoms with Crippen molar-refractivity contribution in [3.8, 4) is 0 Å². The lowest BCUT2D eigenvalue weighted by atomic mass is 10.1. The summed E-state index contributed by atoms with van der Waals surface area (Å²) in [6, 6.07) is 5.66. The zero-order valence-electron chi connectivity index (χ0n) is 8.11. The van der Waals surface area contributed by atoms with Crippen molar-refractivity contribution in [1.29, 1.82) is 0 Å². The summed E-state index contributed by atoms with van der Waals surface area (Å²) in [6.07, 6.45) is 0. The topological polar surface area (TPSA) is 66.4 Å². The van der Waals surface area contributed by atoms with Gasteiger partial charge < -0.3 is 5.32 Å². The lowest BCUT2D eigenvalue weighted by Crippen LogP contribution is -2.13. The molecule has 0 fully saturated rings. The molecule has 4 nitrogen and oxygen atoms in total. The van der Waals surface area contributed by atoms with Crippen LogP contribution < -0.4 is 5.32 Å². The highest BCUT2D eigenvalue weighted by atomic mass is 32.2. The van der Waals surface area contributed by atoms with Gasteiger partial charge in [-0.1, -0.05) is 12.1 Å². The van der Waals surface area contributed by atoms with Gasteiger partial charge in [0.05, 0.1) is 0 Å². The van der Waals surface area contributed by atoms with Crippen LogP contribution in [0.2, 0.25) is 0 Å². The molecule has 2 N–H and O–H groups in total. The number of hydrogen-bond acceptors (Lipinski definition) is 3. The van der Waals surface area contributed by atoms with E-state index < -0.39 is 16.0 Å². The second kappa shape index (κ2) is 3.98. The molecule has 0 aliphatic carbocycles. The molecule has 0 aliphatic rings. The van der Waals surface area contributed by atoms with Gasteiger partial charge in [-0.25, -0.2) is 0 Å². The predicted octanol–water partition coefficient (Wildman–Crippen LogP) is 1.56. The molecule has 1 aromatic rings. The van der Waals surface area contributed by atoms with Gasteiger partial charge in [-0.15, -0.1) is 0 Å². The van der Waals surface area contributed by atoms with Crippen molar-refractivity contribution in [3.63, 3.8) is 0 Å².